The van der Waals surface area contributed by atoms with E-state index in [0.717, 1.165) is 38.8 Å². The number of carbonyl (C=O) groups excluding carboxylic acids is 1. The van der Waals surface area contributed by atoms with Crippen LogP contribution >= 0.6 is 11.8 Å². The number of nitrogens with zero attached hydrogens (tertiary/aromatic N) is 3. The highest BCUT2D eigenvalue weighted by molar-refractivity contribution is 7.99. The van der Waals surface area contributed by atoms with E-state index in [9.17, 15) is 9.59 Å². The lowest BCUT2D eigenvalue weighted by atomic mass is 10.0. The summed E-state index contributed by atoms with van der Waals surface area (Å²) in [7, 11) is 0. The molecule has 0 fully saturated rings. The molecule has 0 spiro atoms. The first-order chi connectivity index (χ1) is 14.7. The van der Waals surface area contributed by atoms with Crippen molar-refractivity contribution in [3.05, 3.63) is 80.8 Å². The first kappa shape index (κ1) is 22.6. The molecule has 0 saturated heterocycles. The Morgan fingerprint density at radius 3 is 2.45 bits per heavy atom. The van der Waals surface area contributed by atoms with E-state index in [-0.39, 0.29) is 22.5 Å². The van der Waals surface area contributed by atoms with Crippen LogP contribution in [0.4, 0.5) is 5.69 Å². The summed E-state index contributed by atoms with van der Waals surface area (Å²) in [6, 6.07) is 13.8. The summed E-state index contributed by atoms with van der Waals surface area (Å²) in [6.07, 6.45) is 0.347. The first-order valence-electron chi connectivity index (χ1n) is 10.1. The van der Waals surface area contributed by atoms with E-state index < -0.39 is 5.56 Å². The molecule has 0 aliphatic carbocycles. The predicted octanol–water partition coefficient (Wildman–Crippen LogP) is 3.41. The van der Waals surface area contributed by atoms with Gasteiger partial charge in [-0.2, -0.15) is 4.68 Å². The molecule has 1 aromatic heterocycles. The number of hydrogen-bond acceptors (Lipinski definition) is 6. The molecule has 3 rings (SSSR count). The molecule has 0 radical (unpaired) electrons. The van der Waals surface area contributed by atoms with E-state index in [1.807, 2.05) is 56.3 Å². The average molecular weight is 438 g/mol. The molecule has 1 heterocycles. The predicted molar refractivity (Wildman–Crippen MR) is 125 cm³/mol. The van der Waals surface area contributed by atoms with Crippen molar-refractivity contribution in [3.63, 3.8) is 0 Å². The molecule has 0 unspecified atom stereocenters. The average Bonchev–Trinajstić information content (AvgIpc) is 2.74. The highest BCUT2D eigenvalue weighted by Crippen LogP contribution is 2.17. The number of nitrogen functional groups attached to an aromatic ring is 1. The molecule has 0 aliphatic heterocycles. The number of amides is 1. The Morgan fingerprint density at radius 2 is 1.81 bits per heavy atom. The highest BCUT2D eigenvalue weighted by Gasteiger charge is 2.13. The number of aromatic nitrogens is 3. The Bertz CT molecular complexity index is 1140. The molecular formula is C23H27N5O2S. The minimum Gasteiger partial charge on any atom is -0.334 e. The number of thioether (sulfide) groups is 1. The van der Waals surface area contributed by atoms with Crippen molar-refractivity contribution < 1.29 is 4.79 Å². The van der Waals surface area contributed by atoms with Crippen LogP contribution in [0, 0.1) is 13.8 Å². The zero-order valence-electron chi connectivity index (χ0n) is 18.2. The molecule has 1 amide bonds. The maximum Gasteiger partial charge on any atom is 0.294 e. The number of nitrogens with one attached hydrogen (secondary N) is 1. The van der Waals surface area contributed by atoms with Crippen molar-refractivity contribution >= 4 is 23.4 Å². The SMILES string of the molecule is Cc1ccc(NC(=O)CSc2nnc(Cc3ccc(C(C)C)cc3)c(=O)n2N)cc1C. The third-order valence-corrected chi connectivity index (χ3v) is 6.01. The summed E-state index contributed by atoms with van der Waals surface area (Å²) < 4.78 is 0.957. The molecule has 0 saturated carbocycles. The quantitative estimate of drug-likeness (QED) is 0.434. The third kappa shape index (κ3) is 5.73. The van der Waals surface area contributed by atoms with Crippen molar-refractivity contribution in [2.45, 2.75) is 45.2 Å². The molecule has 3 aromatic rings. The lowest BCUT2D eigenvalue weighted by molar-refractivity contribution is -0.113. The lowest BCUT2D eigenvalue weighted by Crippen LogP contribution is -2.34. The van der Waals surface area contributed by atoms with Crippen molar-refractivity contribution in [1.29, 1.82) is 0 Å². The Labute approximate surface area is 186 Å². The molecule has 8 heteroatoms. The van der Waals surface area contributed by atoms with Gasteiger partial charge in [0.15, 0.2) is 0 Å². The normalized spacial score (nSPS) is 11.0. The number of nitrogens with two attached hydrogens (primary N) is 1. The summed E-state index contributed by atoms with van der Waals surface area (Å²) in [5.74, 6) is 6.22. The molecule has 3 N–H and O–H groups in total. The zero-order valence-corrected chi connectivity index (χ0v) is 19.0. The van der Waals surface area contributed by atoms with Crippen molar-refractivity contribution in [1.82, 2.24) is 14.9 Å². The van der Waals surface area contributed by atoms with Gasteiger partial charge in [-0.25, -0.2) is 0 Å². The van der Waals surface area contributed by atoms with Gasteiger partial charge in [0.2, 0.25) is 11.1 Å². The van der Waals surface area contributed by atoms with Crippen LogP contribution in [0.25, 0.3) is 0 Å². The molecular weight excluding hydrogens is 410 g/mol. The van der Waals surface area contributed by atoms with Crippen LogP contribution in [0.5, 0.6) is 0 Å². The second-order valence-electron chi connectivity index (χ2n) is 7.81. The summed E-state index contributed by atoms with van der Waals surface area (Å²) in [5.41, 5.74) is 5.03. The highest BCUT2D eigenvalue weighted by atomic mass is 32.2. The lowest BCUT2D eigenvalue weighted by Gasteiger charge is -2.10. The first-order valence-corrected chi connectivity index (χ1v) is 11.1. The van der Waals surface area contributed by atoms with Gasteiger partial charge in [-0.15, -0.1) is 10.2 Å². The van der Waals surface area contributed by atoms with Gasteiger partial charge in [0.25, 0.3) is 5.56 Å². The van der Waals surface area contributed by atoms with Gasteiger partial charge in [-0.1, -0.05) is 55.9 Å². The van der Waals surface area contributed by atoms with Crippen LogP contribution < -0.4 is 16.7 Å². The Hall–Kier alpha value is -3.13. The van der Waals surface area contributed by atoms with Crippen molar-refractivity contribution in [2.75, 3.05) is 16.9 Å². The molecule has 0 atom stereocenters. The fraction of sp³-hybridized carbons (Fsp3) is 0.304. The second-order valence-corrected chi connectivity index (χ2v) is 8.76. The maximum atomic E-state index is 12.6. The molecule has 162 valence electrons. The second kappa shape index (κ2) is 9.78. The monoisotopic (exact) mass is 437 g/mol. The van der Waals surface area contributed by atoms with E-state index in [1.54, 1.807) is 0 Å². The summed E-state index contributed by atoms with van der Waals surface area (Å²) in [4.78, 5) is 24.8. The Balaban J connectivity index is 1.63. The van der Waals surface area contributed by atoms with Crippen LogP contribution in [-0.2, 0) is 11.2 Å². The van der Waals surface area contributed by atoms with Gasteiger partial charge in [0.1, 0.15) is 5.69 Å². The number of carbonyl (C=O) groups is 1. The fourth-order valence-corrected chi connectivity index (χ4v) is 3.64. The molecule has 7 nitrogen and oxygen atoms in total. The van der Waals surface area contributed by atoms with Crippen LogP contribution in [0.1, 0.15) is 47.7 Å². The summed E-state index contributed by atoms with van der Waals surface area (Å²) in [6.45, 7) is 8.26. The van der Waals surface area contributed by atoms with Gasteiger partial charge >= 0.3 is 0 Å². The number of rotatable bonds is 7. The zero-order chi connectivity index (χ0) is 22.5. The number of anilines is 1. The number of aryl methyl sites for hydroxylation is 2. The Kier molecular flexibility index (Phi) is 7.12. The smallest absolute Gasteiger partial charge is 0.294 e. The van der Waals surface area contributed by atoms with Gasteiger partial charge in [-0.05, 0) is 54.2 Å². The number of benzene rings is 2. The summed E-state index contributed by atoms with van der Waals surface area (Å²) in [5, 5.41) is 11.1. The van der Waals surface area contributed by atoms with Crippen molar-refractivity contribution in [2.24, 2.45) is 0 Å². The third-order valence-electron chi connectivity index (χ3n) is 5.07. The standard InChI is InChI=1S/C23H27N5O2S/c1-14(2)18-8-6-17(7-9-18)12-20-22(30)28(24)23(27-26-20)31-13-21(29)25-19-10-5-15(3)16(4)11-19/h5-11,14H,12-13,24H2,1-4H3,(H,25,29). The van der Waals surface area contributed by atoms with Crippen LogP contribution in [0.15, 0.2) is 52.4 Å². The van der Waals surface area contributed by atoms with E-state index in [0.29, 0.717) is 12.3 Å². The molecule has 31 heavy (non-hydrogen) atoms. The van der Waals surface area contributed by atoms with Crippen LogP contribution in [0.3, 0.4) is 0 Å². The van der Waals surface area contributed by atoms with Gasteiger partial charge < -0.3 is 11.2 Å². The topological polar surface area (TPSA) is 103 Å². The van der Waals surface area contributed by atoms with Crippen molar-refractivity contribution in [3.8, 4) is 0 Å². The maximum absolute atomic E-state index is 12.6. The minimum atomic E-state index is -0.417. The van der Waals surface area contributed by atoms with Gasteiger partial charge in [-0.3, -0.25) is 9.59 Å². The van der Waals surface area contributed by atoms with Crippen LogP contribution in [0.2, 0.25) is 0 Å². The van der Waals surface area contributed by atoms with E-state index in [2.05, 4.69) is 29.4 Å². The van der Waals surface area contributed by atoms with Crippen LogP contribution in [-0.4, -0.2) is 26.5 Å². The fourth-order valence-electron chi connectivity index (χ4n) is 2.99. The largest absolute Gasteiger partial charge is 0.334 e. The molecule has 0 bridgehead atoms. The van der Waals surface area contributed by atoms with E-state index in [4.69, 9.17) is 5.84 Å². The minimum absolute atomic E-state index is 0.0637. The Morgan fingerprint density at radius 1 is 1.10 bits per heavy atom. The van der Waals surface area contributed by atoms with Gasteiger partial charge in [0.05, 0.1) is 5.75 Å². The molecule has 2 aromatic carbocycles. The van der Waals surface area contributed by atoms with Gasteiger partial charge in [0, 0.05) is 12.1 Å². The van der Waals surface area contributed by atoms with E-state index >= 15 is 0 Å². The van der Waals surface area contributed by atoms with E-state index in [1.165, 1.54) is 5.56 Å². The molecule has 0 aliphatic rings. The summed E-state index contributed by atoms with van der Waals surface area (Å²) >= 11 is 1.07. The number of hydrogen-bond donors (Lipinski definition) is 2.